The van der Waals surface area contributed by atoms with E-state index in [4.69, 9.17) is 9.83 Å². The zero-order chi connectivity index (χ0) is 22.2. The molecule has 3 heterocycles. The number of furan rings is 1. The van der Waals surface area contributed by atoms with Gasteiger partial charge in [-0.1, -0.05) is 54.2 Å². The standard InChI is InChI=1S/C23H14N4O4S/c24-21-18(12-17-9-10-20(31-17)15-7-4-8-16(11-15)27(29)30)22(28)25-23-26(21)19(13-32-23)14-5-2-1-3-6-14/h1-13,24H. The molecule has 2 aliphatic rings. The number of hydrogen-bond donors (Lipinski definition) is 1. The summed E-state index contributed by atoms with van der Waals surface area (Å²) in [6, 6.07) is 19.0. The lowest BCUT2D eigenvalue weighted by molar-refractivity contribution is -0.384. The predicted octanol–water partition coefficient (Wildman–Crippen LogP) is 5.16. The average Bonchev–Trinajstić information content (AvgIpc) is 3.44. The van der Waals surface area contributed by atoms with Crippen LogP contribution < -0.4 is 0 Å². The molecule has 32 heavy (non-hydrogen) atoms. The zero-order valence-corrected chi connectivity index (χ0v) is 17.2. The number of carbonyl (C=O) groups excluding carboxylic acids is 1. The molecule has 0 saturated heterocycles. The first-order valence-corrected chi connectivity index (χ1v) is 10.4. The molecule has 2 aromatic carbocycles. The smallest absolute Gasteiger partial charge is 0.283 e. The number of non-ortho nitro benzene ring substituents is 1. The molecule has 156 valence electrons. The molecule has 2 aliphatic heterocycles. The summed E-state index contributed by atoms with van der Waals surface area (Å²) in [5.74, 6) is 0.245. The highest BCUT2D eigenvalue weighted by molar-refractivity contribution is 8.17. The van der Waals surface area contributed by atoms with Crippen molar-refractivity contribution in [1.29, 1.82) is 5.41 Å². The van der Waals surface area contributed by atoms with Crippen molar-refractivity contribution in [3.63, 3.8) is 0 Å². The van der Waals surface area contributed by atoms with Gasteiger partial charge < -0.3 is 4.42 Å². The number of aliphatic imine (C=N–C) groups is 1. The van der Waals surface area contributed by atoms with Crippen molar-refractivity contribution in [2.45, 2.75) is 0 Å². The van der Waals surface area contributed by atoms with Gasteiger partial charge in [0, 0.05) is 23.1 Å². The molecule has 0 unspecified atom stereocenters. The van der Waals surface area contributed by atoms with Crippen LogP contribution in [0.5, 0.6) is 0 Å². The maximum Gasteiger partial charge on any atom is 0.283 e. The van der Waals surface area contributed by atoms with Crippen molar-refractivity contribution in [2.75, 3.05) is 0 Å². The Bertz CT molecular complexity index is 1370. The van der Waals surface area contributed by atoms with Gasteiger partial charge in [-0.2, -0.15) is 4.99 Å². The molecule has 0 saturated carbocycles. The number of benzene rings is 2. The van der Waals surface area contributed by atoms with Gasteiger partial charge in [-0.25, -0.2) is 0 Å². The van der Waals surface area contributed by atoms with Gasteiger partial charge in [-0.05, 0) is 23.8 Å². The number of carbonyl (C=O) groups is 1. The number of amidine groups is 2. The summed E-state index contributed by atoms with van der Waals surface area (Å²) in [6.07, 6.45) is 1.47. The third-order valence-electron chi connectivity index (χ3n) is 4.94. The lowest BCUT2D eigenvalue weighted by atomic mass is 10.1. The first-order chi connectivity index (χ1) is 15.5. The largest absolute Gasteiger partial charge is 0.457 e. The molecule has 0 atom stereocenters. The number of rotatable bonds is 4. The number of fused-ring (bicyclic) bond motifs is 1. The topological polar surface area (TPSA) is 113 Å². The van der Waals surface area contributed by atoms with E-state index in [0.29, 0.717) is 22.3 Å². The minimum atomic E-state index is -0.523. The van der Waals surface area contributed by atoms with E-state index in [1.807, 2.05) is 35.7 Å². The fraction of sp³-hybridized carbons (Fsp3) is 0. The molecule has 0 radical (unpaired) electrons. The number of nitrogens with zero attached hydrogens (tertiary/aromatic N) is 3. The van der Waals surface area contributed by atoms with Crippen LogP contribution in [-0.2, 0) is 4.79 Å². The van der Waals surface area contributed by atoms with Crippen LogP contribution >= 0.6 is 11.8 Å². The minimum absolute atomic E-state index is 0.00778. The van der Waals surface area contributed by atoms with Crippen molar-refractivity contribution >= 4 is 46.1 Å². The first kappa shape index (κ1) is 19.7. The van der Waals surface area contributed by atoms with Gasteiger partial charge >= 0.3 is 0 Å². The summed E-state index contributed by atoms with van der Waals surface area (Å²) < 4.78 is 5.79. The third kappa shape index (κ3) is 3.44. The molecule has 3 aromatic rings. The molecule has 0 spiro atoms. The quantitative estimate of drug-likeness (QED) is 0.339. The number of hydrogen-bond acceptors (Lipinski definition) is 6. The van der Waals surface area contributed by atoms with Gasteiger partial charge in [0.05, 0.1) is 16.2 Å². The highest BCUT2D eigenvalue weighted by Gasteiger charge is 2.36. The minimum Gasteiger partial charge on any atom is -0.457 e. The Kier molecular flexibility index (Phi) is 4.79. The molecule has 0 fully saturated rings. The number of nitro groups is 1. The number of nitro benzene ring substituents is 1. The van der Waals surface area contributed by atoms with Crippen molar-refractivity contribution in [2.24, 2.45) is 4.99 Å². The van der Waals surface area contributed by atoms with Crippen LogP contribution in [0, 0.1) is 15.5 Å². The van der Waals surface area contributed by atoms with Gasteiger partial charge in [0.15, 0.2) is 5.17 Å². The van der Waals surface area contributed by atoms with Crippen molar-refractivity contribution in [1.82, 2.24) is 4.90 Å². The fourth-order valence-corrected chi connectivity index (χ4v) is 4.30. The van der Waals surface area contributed by atoms with E-state index in [1.54, 1.807) is 29.2 Å². The second-order valence-electron chi connectivity index (χ2n) is 6.94. The molecule has 1 aromatic heterocycles. The molecule has 0 aliphatic carbocycles. The summed E-state index contributed by atoms with van der Waals surface area (Å²) in [7, 11) is 0. The van der Waals surface area contributed by atoms with Crippen LogP contribution in [0.4, 0.5) is 5.69 Å². The van der Waals surface area contributed by atoms with E-state index >= 15 is 0 Å². The Balaban J connectivity index is 1.47. The van der Waals surface area contributed by atoms with Gasteiger partial charge in [-0.15, -0.1) is 0 Å². The Hall–Kier alpha value is -4.24. The van der Waals surface area contributed by atoms with E-state index in [-0.39, 0.29) is 17.1 Å². The number of nitrogens with one attached hydrogen (secondary N) is 1. The van der Waals surface area contributed by atoms with Crippen LogP contribution in [-0.4, -0.2) is 26.7 Å². The summed E-state index contributed by atoms with van der Waals surface area (Å²) in [5.41, 5.74) is 2.28. The molecule has 9 heteroatoms. The first-order valence-electron chi connectivity index (χ1n) is 9.52. The van der Waals surface area contributed by atoms with Crippen LogP contribution in [0.1, 0.15) is 11.3 Å². The van der Waals surface area contributed by atoms with Crippen LogP contribution in [0.2, 0.25) is 0 Å². The highest BCUT2D eigenvalue weighted by Crippen LogP contribution is 2.37. The summed E-state index contributed by atoms with van der Waals surface area (Å²) in [6.45, 7) is 0. The van der Waals surface area contributed by atoms with Gasteiger partial charge in [0.2, 0.25) is 0 Å². The van der Waals surface area contributed by atoms with Crippen molar-refractivity contribution in [3.05, 3.63) is 99.1 Å². The van der Waals surface area contributed by atoms with Gasteiger partial charge in [0.1, 0.15) is 17.4 Å². The van der Waals surface area contributed by atoms with E-state index in [9.17, 15) is 14.9 Å². The zero-order valence-electron chi connectivity index (χ0n) is 16.4. The van der Waals surface area contributed by atoms with E-state index < -0.39 is 10.8 Å². The number of amides is 1. The molecule has 0 bridgehead atoms. The predicted molar refractivity (Wildman–Crippen MR) is 123 cm³/mol. The summed E-state index contributed by atoms with van der Waals surface area (Å²) in [4.78, 5) is 28.9. The van der Waals surface area contributed by atoms with Crippen molar-refractivity contribution < 1.29 is 14.1 Å². The molecular formula is C23H14N4O4S. The summed E-state index contributed by atoms with van der Waals surface area (Å²) >= 11 is 1.30. The normalized spacial score (nSPS) is 16.8. The monoisotopic (exact) mass is 442 g/mol. The van der Waals surface area contributed by atoms with Crippen LogP contribution in [0.15, 0.2) is 87.1 Å². The van der Waals surface area contributed by atoms with Gasteiger partial charge in [-0.3, -0.25) is 25.2 Å². The molecule has 5 rings (SSSR count). The third-order valence-corrected chi connectivity index (χ3v) is 5.76. The van der Waals surface area contributed by atoms with Crippen LogP contribution in [0.25, 0.3) is 23.1 Å². The van der Waals surface area contributed by atoms with Crippen LogP contribution in [0.3, 0.4) is 0 Å². The molecule has 1 N–H and O–H groups in total. The second kappa shape index (κ2) is 7.78. The highest BCUT2D eigenvalue weighted by atomic mass is 32.2. The SMILES string of the molecule is N=C1C(=Cc2ccc(-c3cccc([N+](=O)[O-])c3)o2)C(=O)N=C2SC=C(c3ccccc3)N12. The van der Waals surface area contributed by atoms with Gasteiger partial charge in [0.25, 0.3) is 11.6 Å². The van der Waals surface area contributed by atoms with E-state index in [2.05, 4.69) is 4.99 Å². The fourth-order valence-electron chi connectivity index (χ4n) is 3.41. The maximum atomic E-state index is 12.6. The lowest BCUT2D eigenvalue weighted by Crippen LogP contribution is -2.37. The molecular weight excluding hydrogens is 428 g/mol. The Labute approximate surface area is 186 Å². The average molecular weight is 442 g/mol. The second-order valence-corrected chi connectivity index (χ2v) is 7.77. The Morgan fingerprint density at radius 2 is 1.84 bits per heavy atom. The van der Waals surface area contributed by atoms with E-state index in [1.165, 1.54) is 30.0 Å². The lowest BCUT2D eigenvalue weighted by Gasteiger charge is -2.26. The summed E-state index contributed by atoms with van der Waals surface area (Å²) in [5, 5.41) is 22.0. The van der Waals surface area contributed by atoms with Crippen molar-refractivity contribution in [3.8, 4) is 11.3 Å². The number of thioether (sulfide) groups is 1. The van der Waals surface area contributed by atoms with E-state index in [0.717, 1.165) is 11.3 Å². The Morgan fingerprint density at radius 1 is 1.06 bits per heavy atom. The molecule has 8 nitrogen and oxygen atoms in total. The molecule has 1 amide bonds. The Morgan fingerprint density at radius 3 is 2.62 bits per heavy atom. The maximum absolute atomic E-state index is 12.6.